The second-order valence-corrected chi connectivity index (χ2v) is 3.19. The highest BCUT2D eigenvalue weighted by Crippen LogP contribution is 2.03. The maximum Gasteiger partial charge on any atom is 0.246 e. The van der Waals surface area contributed by atoms with Crippen LogP contribution in [0.1, 0.15) is 12.7 Å². The molecule has 0 fully saturated rings. The van der Waals surface area contributed by atoms with Crippen LogP contribution in [0.15, 0.2) is 22.8 Å². The fourth-order valence-corrected chi connectivity index (χ4v) is 1.23. The van der Waals surface area contributed by atoms with Crippen LogP contribution in [0, 0.1) is 0 Å². The van der Waals surface area contributed by atoms with Crippen LogP contribution in [-0.2, 0) is 16.0 Å². The van der Waals surface area contributed by atoms with Crippen molar-refractivity contribution in [1.29, 1.82) is 0 Å². The van der Waals surface area contributed by atoms with Crippen LogP contribution >= 0.6 is 0 Å². The lowest BCUT2D eigenvalue weighted by molar-refractivity contribution is -0.125. The van der Waals surface area contributed by atoms with E-state index >= 15 is 0 Å². The number of nitrogens with one attached hydrogen (secondary N) is 1. The van der Waals surface area contributed by atoms with E-state index in [1.165, 1.54) is 7.11 Å². The smallest absolute Gasteiger partial charge is 0.246 e. The number of ether oxygens (including phenoxy) is 1. The first-order chi connectivity index (χ1) is 6.72. The van der Waals surface area contributed by atoms with Gasteiger partial charge in [-0.15, -0.1) is 0 Å². The first-order valence-corrected chi connectivity index (χ1v) is 4.53. The number of hydrogen-bond acceptors (Lipinski definition) is 3. The Labute approximate surface area is 83.2 Å². The van der Waals surface area contributed by atoms with E-state index in [-0.39, 0.29) is 18.6 Å². The van der Waals surface area contributed by atoms with Gasteiger partial charge in [0.1, 0.15) is 12.4 Å². The fourth-order valence-electron chi connectivity index (χ4n) is 1.23. The average molecular weight is 197 g/mol. The molecule has 1 aromatic rings. The Kier molecular flexibility index (Phi) is 4.19. The van der Waals surface area contributed by atoms with E-state index in [0.717, 1.165) is 5.76 Å². The zero-order valence-corrected chi connectivity index (χ0v) is 8.45. The number of carbonyl (C=O) groups excluding carboxylic acids is 1. The van der Waals surface area contributed by atoms with Crippen molar-refractivity contribution in [3.63, 3.8) is 0 Å². The normalized spacial score (nSPS) is 12.4. The van der Waals surface area contributed by atoms with Crippen LogP contribution in [0.2, 0.25) is 0 Å². The number of carbonyl (C=O) groups is 1. The van der Waals surface area contributed by atoms with E-state index in [1.807, 2.05) is 19.1 Å². The summed E-state index contributed by atoms with van der Waals surface area (Å²) in [4.78, 5) is 11.1. The van der Waals surface area contributed by atoms with Crippen molar-refractivity contribution in [3.8, 4) is 0 Å². The molecule has 4 nitrogen and oxygen atoms in total. The summed E-state index contributed by atoms with van der Waals surface area (Å²) < 4.78 is 9.87. The van der Waals surface area contributed by atoms with Crippen LogP contribution in [-0.4, -0.2) is 25.7 Å². The molecule has 0 radical (unpaired) electrons. The zero-order chi connectivity index (χ0) is 10.4. The van der Waals surface area contributed by atoms with E-state index in [0.29, 0.717) is 6.42 Å². The fraction of sp³-hybridized carbons (Fsp3) is 0.500. The molecule has 0 unspecified atom stereocenters. The third-order valence-electron chi connectivity index (χ3n) is 1.77. The van der Waals surface area contributed by atoms with Crippen molar-refractivity contribution in [3.05, 3.63) is 24.2 Å². The molecule has 1 atom stereocenters. The standard InChI is InChI=1S/C10H15NO3/c1-8(11-10(12)7-13-2)6-9-4-3-5-14-9/h3-5,8H,6-7H2,1-2H3,(H,11,12)/t8-/m1/s1. The van der Waals surface area contributed by atoms with Crippen molar-refractivity contribution >= 4 is 5.91 Å². The second kappa shape index (κ2) is 5.44. The van der Waals surface area contributed by atoms with Gasteiger partial charge in [0.15, 0.2) is 0 Å². The van der Waals surface area contributed by atoms with Crippen molar-refractivity contribution in [1.82, 2.24) is 5.32 Å². The van der Waals surface area contributed by atoms with E-state index in [4.69, 9.17) is 9.15 Å². The molecule has 1 amide bonds. The lowest BCUT2D eigenvalue weighted by Crippen LogP contribution is -2.36. The number of furan rings is 1. The molecule has 4 heteroatoms. The number of methoxy groups -OCH3 is 1. The SMILES string of the molecule is COCC(=O)N[C@H](C)Cc1ccco1. The molecular weight excluding hydrogens is 182 g/mol. The molecule has 1 rings (SSSR count). The van der Waals surface area contributed by atoms with Crippen LogP contribution in [0.3, 0.4) is 0 Å². The highest BCUT2D eigenvalue weighted by atomic mass is 16.5. The summed E-state index contributed by atoms with van der Waals surface area (Å²) in [5.74, 6) is 0.766. The number of hydrogen-bond donors (Lipinski definition) is 1. The van der Waals surface area contributed by atoms with Crippen molar-refractivity contribution in [2.45, 2.75) is 19.4 Å². The third kappa shape index (κ3) is 3.62. The first-order valence-electron chi connectivity index (χ1n) is 4.53. The van der Waals surface area contributed by atoms with Gasteiger partial charge >= 0.3 is 0 Å². The molecule has 14 heavy (non-hydrogen) atoms. The van der Waals surface area contributed by atoms with Gasteiger partial charge in [0.25, 0.3) is 0 Å². The predicted octanol–water partition coefficient (Wildman–Crippen LogP) is 0.973. The van der Waals surface area contributed by atoms with Gasteiger partial charge < -0.3 is 14.5 Å². The zero-order valence-electron chi connectivity index (χ0n) is 8.45. The molecule has 0 aromatic carbocycles. The van der Waals surface area contributed by atoms with E-state index in [1.54, 1.807) is 6.26 Å². The van der Waals surface area contributed by atoms with Crippen molar-refractivity contribution in [2.75, 3.05) is 13.7 Å². The molecule has 0 aliphatic carbocycles. The van der Waals surface area contributed by atoms with Crippen molar-refractivity contribution < 1.29 is 13.9 Å². The Hall–Kier alpha value is -1.29. The number of rotatable bonds is 5. The summed E-state index contributed by atoms with van der Waals surface area (Å²) >= 11 is 0. The summed E-state index contributed by atoms with van der Waals surface area (Å²) in [6.07, 6.45) is 2.32. The summed E-state index contributed by atoms with van der Waals surface area (Å²) in [6, 6.07) is 3.78. The molecule has 1 N–H and O–H groups in total. The lowest BCUT2D eigenvalue weighted by Gasteiger charge is -2.11. The Balaban J connectivity index is 2.29. The van der Waals surface area contributed by atoms with Crippen LogP contribution in [0.4, 0.5) is 0 Å². The van der Waals surface area contributed by atoms with Gasteiger partial charge in [-0.25, -0.2) is 0 Å². The van der Waals surface area contributed by atoms with Gasteiger partial charge in [0.05, 0.1) is 6.26 Å². The van der Waals surface area contributed by atoms with Crippen LogP contribution in [0.25, 0.3) is 0 Å². The van der Waals surface area contributed by atoms with Crippen molar-refractivity contribution in [2.24, 2.45) is 0 Å². The minimum atomic E-state index is -0.105. The lowest BCUT2D eigenvalue weighted by atomic mass is 10.2. The Morgan fingerprint density at radius 2 is 2.50 bits per heavy atom. The van der Waals surface area contributed by atoms with Gasteiger partial charge in [0.2, 0.25) is 5.91 Å². The summed E-state index contributed by atoms with van der Waals surface area (Å²) in [5, 5.41) is 2.80. The molecule has 1 heterocycles. The highest BCUT2D eigenvalue weighted by molar-refractivity contribution is 5.77. The highest BCUT2D eigenvalue weighted by Gasteiger charge is 2.08. The van der Waals surface area contributed by atoms with E-state index < -0.39 is 0 Å². The molecule has 0 bridgehead atoms. The van der Waals surface area contributed by atoms with E-state index in [2.05, 4.69) is 5.32 Å². The van der Waals surface area contributed by atoms with Gasteiger partial charge in [-0.3, -0.25) is 4.79 Å². The molecule has 0 saturated heterocycles. The van der Waals surface area contributed by atoms with Crippen LogP contribution in [0.5, 0.6) is 0 Å². The molecule has 1 aromatic heterocycles. The Bertz CT molecular complexity index is 269. The maximum atomic E-state index is 11.1. The third-order valence-corrected chi connectivity index (χ3v) is 1.77. The van der Waals surface area contributed by atoms with Gasteiger partial charge in [-0.1, -0.05) is 0 Å². The quantitative estimate of drug-likeness (QED) is 0.765. The van der Waals surface area contributed by atoms with Gasteiger partial charge in [0, 0.05) is 19.6 Å². The topological polar surface area (TPSA) is 51.5 Å². The molecule has 0 aliphatic rings. The first kappa shape index (κ1) is 10.8. The van der Waals surface area contributed by atoms with Gasteiger partial charge in [-0.05, 0) is 19.1 Å². The predicted molar refractivity (Wildman–Crippen MR) is 51.9 cm³/mol. The molecular formula is C10H15NO3. The molecule has 0 aliphatic heterocycles. The molecule has 0 spiro atoms. The maximum absolute atomic E-state index is 11.1. The Morgan fingerprint density at radius 3 is 3.07 bits per heavy atom. The summed E-state index contributed by atoms with van der Waals surface area (Å²) in [7, 11) is 1.50. The second-order valence-electron chi connectivity index (χ2n) is 3.19. The van der Waals surface area contributed by atoms with E-state index in [9.17, 15) is 4.79 Å². The summed E-state index contributed by atoms with van der Waals surface area (Å²) in [5.41, 5.74) is 0. The van der Waals surface area contributed by atoms with Gasteiger partial charge in [-0.2, -0.15) is 0 Å². The Morgan fingerprint density at radius 1 is 1.71 bits per heavy atom. The minimum absolute atomic E-state index is 0.0591. The monoisotopic (exact) mass is 197 g/mol. The largest absolute Gasteiger partial charge is 0.469 e. The number of amides is 1. The average Bonchev–Trinajstić information content (AvgIpc) is 2.56. The molecule has 78 valence electrons. The van der Waals surface area contributed by atoms with Crippen LogP contribution < -0.4 is 5.32 Å². The molecule has 0 saturated carbocycles. The minimum Gasteiger partial charge on any atom is -0.469 e. The summed E-state index contributed by atoms with van der Waals surface area (Å²) in [6.45, 7) is 2.03.